The summed E-state index contributed by atoms with van der Waals surface area (Å²) in [5.74, 6) is -0.0290. The van der Waals surface area contributed by atoms with Crippen LogP contribution in [0, 0.1) is 5.82 Å². The summed E-state index contributed by atoms with van der Waals surface area (Å²) in [5, 5.41) is 8.81. The number of fused-ring (bicyclic) bond motifs is 1. The first-order chi connectivity index (χ1) is 20.6. The van der Waals surface area contributed by atoms with E-state index in [2.05, 4.69) is 25.9 Å². The molecule has 0 spiro atoms. The van der Waals surface area contributed by atoms with Crippen molar-refractivity contribution in [2.45, 2.75) is 25.4 Å². The van der Waals surface area contributed by atoms with Gasteiger partial charge in [-0.15, -0.1) is 11.3 Å². The average molecular weight is 596 g/mol. The molecule has 5 rings (SSSR count). The number of amides is 2. The van der Waals surface area contributed by atoms with Crippen molar-refractivity contribution in [1.82, 2.24) is 20.6 Å². The van der Waals surface area contributed by atoms with Crippen LogP contribution < -0.4 is 20.7 Å². The molecule has 2 amide bonds. The van der Waals surface area contributed by atoms with Crippen molar-refractivity contribution < 1.29 is 28.1 Å². The number of nitrogens with zero attached hydrogens (tertiary/aromatic N) is 2. The molecule has 222 valence electrons. The first-order valence-electron chi connectivity index (χ1n) is 13.8. The van der Waals surface area contributed by atoms with Gasteiger partial charge in [0.05, 0.1) is 53.8 Å². The van der Waals surface area contributed by atoms with Crippen LogP contribution in [0.4, 0.5) is 14.9 Å². The predicted octanol–water partition coefficient (Wildman–Crippen LogP) is 5.34. The number of carbonyl (C=O) groups is 1. The Kier molecular flexibility index (Phi) is 10.6. The lowest BCUT2D eigenvalue weighted by Gasteiger charge is -2.10. The summed E-state index contributed by atoms with van der Waals surface area (Å²) in [6.45, 7) is 4.27. The van der Waals surface area contributed by atoms with Crippen LogP contribution in [0.15, 0.2) is 54.9 Å². The van der Waals surface area contributed by atoms with E-state index in [1.165, 1.54) is 23.5 Å². The van der Waals surface area contributed by atoms with Gasteiger partial charge in [-0.05, 0) is 42.7 Å². The number of benzene rings is 1. The summed E-state index contributed by atoms with van der Waals surface area (Å²) in [7, 11) is 1.65. The maximum Gasteiger partial charge on any atom is 0.319 e. The van der Waals surface area contributed by atoms with Crippen molar-refractivity contribution >= 4 is 33.3 Å². The van der Waals surface area contributed by atoms with Gasteiger partial charge in [0.25, 0.3) is 0 Å². The first kappa shape index (κ1) is 29.8. The number of ether oxygens (including phenoxy) is 4. The Morgan fingerprint density at radius 1 is 1.00 bits per heavy atom. The molecule has 1 aliphatic carbocycles. The maximum absolute atomic E-state index is 14.8. The fourth-order valence-corrected chi connectivity index (χ4v) is 5.04. The van der Waals surface area contributed by atoms with Crippen molar-refractivity contribution in [2.24, 2.45) is 0 Å². The monoisotopic (exact) mass is 595 g/mol. The predicted molar refractivity (Wildman–Crippen MR) is 160 cm³/mol. The van der Waals surface area contributed by atoms with E-state index in [9.17, 15) is 9.18 Å². The van der Waals surface area contributed by atoms with Crippen molar-refractivity contribution in [3.05, 3.63) is 66.2 Å². The number of hydrogen-bond acceptors (Lipinski definition) is 9. The number of rotatable bonds is 16. The second kappa shape index (κ2) is 15.0. The van der Waals surface area contributed by atoms with Crippen LogP contribution in [0.3, 0.4) is 0 Å². The number of urea groups is 1. The quantitative estimate of drug-likeness (QED) is 0.149. The van der Waals surface area contributed by atoms with Crippen LogP contribution in [0.25, 0.3) is 20.8 Å². The van der Waals surface area contributed by atoms with Gasteiger partial charge >= 0.3 is 6.03 Å². The van der Waals surface area contributed by atoms with Gasteiger partial charge in [-0.3, -0.25) is 9.97 Å². The number of nitrogens with one attached hydrogen (secondary N) is 3. The molecule has 3 aromatic heterocycles. The highest BCUT2D eigenvalue weighted by atomic mass is 32.1. The Morgan fingerprint density at radius 2 is 1.83 bits per heavy atom. The zero-order chi connectivity index (χ0) is 29.1. The second-order valence-electron chi connectivity index (χ2n) is 9.70. The van der Waals surface area contributed by atoms with E-state index in [1.54, 1.807) is 25.4 Å². The number of halogens is 1. The van der Waals surface area contributed by atoms with Gasteiger partial charge in [0.2, 0.25) is 0 Å². The zero-order valence-corrected chi connectivity index (χ0v) is 24.2. The van der Waals surface area contributed by atoms with E-state index < -0.39 is 5.82 Å². The summed E-state index contributed by atoms with van der Waals surface area (Å²) in [4.78, 5) is 22.0. The zero-order valence-electron chi connectivity index (χ0n) is 23.4. The third-order valence-electron chi connectivity index (χ3n) is 6.33. The minimum atomic E-state index is -0.578. The highest BCUT2D eigenvalue weighted by Gasteiger charge is 2.23. The van der Waals surface area contributed by atoms with Gasteiger partial charge in [-0.25, -0.2) is 9.18 Å². The van der Waals surface area contributed by atoms with E-state index in [0.717, 1.165) is 45.7 Å². The minimum absolute atomic E-state index is 0.0568. The topological polar surface area (TPSA) is 116 Å². The van der Waals surface area contributed by atoms with Crippen LogP contribution in [0.2, 0.25) is 0 Å². The van der Waals surface area contributed by atoms with E-state index >= 15 is 0 Å². The molecule has 3 N–H and O–H groups in total. The smallest absolute Gasteiger partial charge is 0.319 e. The summed E-state index contributed by atoms with van der Waals surface area (Å²) in [6, 6.07) is 11.9. The van der Waals surface area contributed by atoms with Crippen molar-refractivity contribution in [3.8, 4) is 22.1 Å². The first-order valence-corrected chi connectivity index (χ1v) is 14.6. The average Bonchev–Trinajstić information content (AvgIpc) is 3.69. The molecule has 0 unspecified atom stereocenters. The van der Waals surface area contributed by atoms with Gasteiger partial charge in [-0.2, -0.15) is 0 Å². The lowest BCUT2D eigenvalue weighted by molar-refractivity contribution is 0.0255. The normalized spacial score (nSPS) is 12.9. The van der Waals surface area contributed by atoms with Crippen molar-refractivity contribution in [3.63, 3.8) is 0 Å². The largest absolute Gasteiger partial charge is 0.453 e. The number of pyridine rings is 2. The third-order valence-corrected chi connectivity index (χ3v) is 7.49. The molecule has 0 aliphatic heterocycles. The van der Waals surface area contributed by atoms with E-state index in [-0.39, 0.29) is 17.8 Å². The third kappa shape index (κ3) is 8.66. The Morgan fingerprint density at radius 3 is 2.60 bits per heavy atom. The number of hydrogen-bond donors (Lipinski definition) is 3. The number of anilines is 1. The van der Waals surface area contributed by atoms with Crippen molar-refractivity contribution in [1.29, 1.82) is 0 Å². The lowest BCUT2D eigenvalue weighted by Crippen LogP contribution is -2.30. The molecule has 1 fully saturated rings. The molecular formula is C30H34FN5O5S. The van der Waals surface area contributed by atoms with Crippen molar-refractivity contribution in [2.75, 3.05) is 52.0 Å². The summed E-state index contributed by atoms with van der Waals surface area (Å²) >= 11 is 1.48. The molecule has 42 heavy (non-hydrogen) atoms. The Balaban J connectivity index is 1.13. The summed E-state index contributed by atoms with van der Waals surface area (Å²) < 4.78 is 37.4. The van der Waals surface area contributed by atoms with Crippen LogP contribution in [0.5, 0.6) is 11.5 Å². The van der Waals surface area contributed by atoms with Crippen LogP contribution in [-0.4, -0.2) is 68.7 Å². The summed E-state index contributed by atoms with van der Waals surface area (Å²) in [6.07, 6.45) is 5.42. The molecule has 10 nitrogen and oxygen atoms in total. The molecule has 0 radical (unpaired) electrons. The van der Waals surface area contributed by atoms with Gasteiger partial charge in [-0.1, -0.05) is 6.07 Å². The Labute approximate surface area is 247 Å². The van der Waals surface area contributed by atoms with E-state index in [1.807, 2.05) is 24.4 Å². The highest BCUT2D eigenvalue weighted by Crippen LogP contribution is 2.39. The van der Waals surface area contributed by atoms with Gasteiger partial charge in [0, 0.05) is 56.5 Å². The molecule has 3 heterocycles. The van der Waals surface area contributed by atoms with Gasteiger partial charge < -0.3 is 34.9 Å². The number of aromatic nitrogens is 2. The number of methoxy groups -OCH3 is 1. The minimum Gasteiger partial charge on any atom is -0.453 e. The fraction of sp³-hybridized carbons (Fsp3) is 0.367. The Hall–Kier alpha value is -3.68. The molecular weight excluding hydrogens is 561 g/mol. The number of carbonyl (C=O) groups excluding carboxylic acids is 1. The van der Waals surface area contributed by atoms with Crippen LogP contribution >= 0.6 is 11.3 Å². The SMILES string of the molecule is COCCOCCOCCNCc1ccc(-c2cc3nccc(Oc4ccc(NC(=O)NC5CC5)cc4F)c3s2)nc1. The highest BCUT2D eigenvalue weighted by molar-refractivity contribution is 7.22. The molecule has 1 aromatic carbocycles. The van der Waals surface area contributed by atoms with E-state index in [0.29, 0.717) is 51.0 Å². The Bertz CT molecular complexity index is 1460. The van der Waals surface area contributed by atoms with Crippen LogP contribution in [-0.2, 0) is 20.8 Å². The summed E-state index contributed by atoms with van der Waals surface area (Å²) in [5.41, 5.74) is 2.97. The molecule has 12 heteroatoms. The van der Waals surface area contributed by atoms with Crippen LogP contribution in [0.1, 0.15) is 18.4 Å². The standard InChI is InChI=1S/C30H34FN5O5S/c1-38-12-13-40-15-14-39-11-10-32-18-20-2-6-24(34-19-20)28-17-25-29(42-28)27(8-9-33-25)41-26-7-5-22(16-23(26)31)36-30(37)35-21-3-4-21/h2,5-9,16-17,19,21,32H,3-4,10-15,18H2,1H3,(H2,35,36,37). The molecule has 1 saturated carbocycles. The lowest BCUT2D eigenvalue weighted by atomic mass is 10.2. The number of thiophene rings is 1. The van der Waals surface area contributed by atoms with Gasteiger partial charge in [0.1, 0.15) is 5.75 Å². The van der Waals surface area contributed by atoms with Gasteiger partial charge in [0.15, 0.2) is 11.6 Å². The molecule has 1 aliphatic rings. The molecule has 0 atom stereocenters. The molecule has 4 aromatic rings. The molecule has 0 saturated heterocycles. The maximum atomic E-state index is 14.8. The molecule has 0 bridgehead atoms. The second-order valence-corrected chi connectivity index (χ2v) is 10.8. The fourth-order valence-electron chi connectivity index (χ4n) is 4.00. The van der Waals surface area contributed by atoms with E-state index in [4.69, 9.17) is 18.9 Å².